The van der Waals surface area contributed by atoms with Crippen LogP contribution in [0.3, 0.4) is 0 Å². The van der Waals surface area contributed by atoms with E-state index in [1.165, 1.54) is 6.20 Å². The summed E-state index contributed by atoms with van der Waals surface area (Å²) in [7, 11) is 0. The minimum absolute atomic E-state index is 0.0301. The lowest BCUT2D eigenvalue weighted by Crippen LogP contribution is -2.30. The molecule has 5 nitrogen and oxygen atoms in total. The predicted molar refractivity (Wildman–Crippen MR) is 92.3 cm³/mol. The largest absolute Gasteiger partial charge is 0.350 e. The van der Waals surface area contributed by atoms with Gasteiger partial charge >= 0.3 is 0 Å². The highest BCUT2D eigenvalue weighted by atomic mass is 35.5. The van der Waals surface area contributed by atoms with Crippen LogP contribution in [-0.4, -0.2) is 22.1 Å². The lowest BCUT2D eigenvalue weighted by molar-refractivity contribution is 0.0939. The van der Waals surface area contributed by atoms with Gasteiger partial charge in [-0.25, -0.2) is 0 Å². The summed E-state index contributed by atoms with van der Waals surface area (Å²) in [6.07, 6.45) is 1.51. The number of carbonyl (C=O) groups is 1. The minimum Gasteiger partial charge on any atom is -0.350 e. The third-order valence-corrected chi connectivity index (χ3v) is 3.14. The molecule has 0 radical (unpaired) electrons. The second-order valence-electron chi connectivity index (χ2n) is 4.51. The monoisotopic (exact) mass is 342 g/mol. The number of para-hydroxylation sites is 1. The number of H-pyrrole nitrogens is 1. The fraction of sp³-hybridized carbons (Fsp3) is 0.333. The van der Waals surface area contributed by atoms with Crippen molar-refractivity contribution in [3.05, 3.63) is 40.1 Å². The van der Waals surface area contributed by atoms with Gasteiger partial charge in [0, 0.05) is 6.04 Å². The van der Waals surface area contributed by atoms with Gasteiger partial charge < -0.3 is 10.6 Å². The Bertz CT molecular complexity index is 606. The van der Waals surface area contributed by atoms with Crippen LogP contribution in [-0.2, 0) is 0 Å². The van der Waals surface area contributed by atoms with Crippen molar-refractivity contribution >= 4 is 40.5 Å². The molecule has 3 N–H and O–H groups in total. The number of rotatable bonds is 4. The summed E-state index contributed by atoms with van der Waals surface area (Å²) in [6.45, 7) is 7.76. The SMILES string of the molecule is CC.CC(C)NC(=O)c1[nH]ncc1Nc1c(Cl)cccc1Cl. The smallest absolute Gasteiger partial charge is 0.271 e. The molecule has 2 aromatic rings. The van der Waals surface area contributed by atoms with Crippen molar-refractivity contribution in [1.82, 2.24) is 15.5 Å². The van der Waals surface area contributed by atoms with Crippen LogP contribution in [0.15, 0.2) is 24.4 Å². The van der Waals surface area contributed by atoms with E-state index in [9.17, 15) is 4.79 Å². The third kappa shape index (κ3) is 4.64. The highest BCUT2D eigenvalue weighted by Gasteiger charge is 2.16. The number of benzene rings is 1. The summed E-state index contributed by atoms with van der Waals surface area (Å²) in [4.78, 5) is 12.0. The molecule has 2 rings (SSSR count). The second kappa shape index (κ2) is 8.66. The van der Waals surface area contributed by atoms with E-state index in [0.717, 1.165) is 0 Å². The highest BCUT2D eigenvalue weighted by Crippen LogP contribution is 2.33. The van der Waals surface area contributed by atoms with Crippen LogP contribution in [0.1, 0.15) is 38.2 Å². The normalized spacial score (nSPS) is 9.95. The van der Waals surface area contributed by atoms with Crippen molar-refractivity contribution in [1.29, 1.82) is 0 Å². The van der Waals surface area contributed by atoms with Crippen molar-refractivity contribution in [3.63, 3.8) is 0 Å². The Balaban J connectivity index is 0.00000116. The van der Waals surface area contributed by atoms with E-state index in [0.29, 0.717) is 27.1 Å². The van der Waals surface area contributed by atoms with Gasteiger partial charge in [-0.15, -0.1) is 0 Å². The van der Waals surface area contributed by atoms with Crippen LogP contribution in [0.4, 0.5) is 11.4 Å². The van der Waals surface area contributed by atoms with Gasteiger partial charge in [-0.1, -0.05) is 43.1 Å². The van der Waals surface area contributed by atoms with Crippen molar-refractivity contribution in [2.45, 2.75) is 33.7 Å². The molecule has 1 aromatic carbocycles. The molecule has 22 heavy (non-hydrogen) atoms. The van der Waals surface area contributed by atoms with Crippen molar-refractivity contribution in [2.75, 3.05) is 5.32 Å². The van der Waals surface area contributed by atoms with E-state index in [1.54, 1.807) is 18.2 Å². The summed E-state index contributed by atoms with van der Waals surface area (Å²) in [6, 6.07) is 5.20. The fourth-order valence-electron chi connectivity index (χ4n) is 1.64. The number of hydrogen-bond donors (Lipinski definition) is 3. The summed E-state index contributed by atoms with van der Waals surface area (Å²) in [5.74, 6) is -0.247. The number of amides is 1. The van der Waals surface area contributed by atoms with Crippen LogP contribution in [0, 0.1) is 0 Å². The van der Waals surface area contributed by atoms with Crippen LogP contribution in [0.25, 0.3) is 0 Å². The molecule has 1 heterocycles. The quantitative estimate of drug-likeness (QED) is 0.758. The number of anilines is 2. The van der Waals surface area contributed by atoms with Crippen molar-refractivity contribution in [3.8, 4) is 0 Å². The van der Waals surface area contributed by atoms with Crippen molar-refractivity contribution < 1.29 is 4.79 Å². The first-order valence-corrected chi connectivity index (χ1v) is 7.80. The molecule has 1 aromatic heterocycles. The summed E-state index contributed by atoms with van der Waals surface area (Å²) in [5.41, 5.74) is 1.38. The van der Waals surface area contributed by atoms with Gasteiger partial charge in [0.2, 0.25) is 0 Å². The molecule has 0 aliphatic carbocycles. The van der Waals surface area contributed by atoms with Crippen LogP contribution < -0.4 is 10.6 Å². The standard InChI is InChI=1S/C13H14Cl2N4O.C2H6/c1-7(2)17-13(20)12-10(6-16-19-12)18-11-8(14)4-3-5-9(11)15;1-2/h3-7,18H,1-2H3,(H,16,19)(H,17,20);1-2H3. The summed E-state index contributed by atoms with van der Waals surface area (Å²) < 4.78 is 0. The first-order chi connectivity index (χ1) is 10.5. The maximum atomic E-state index is 12.0. The van der Waals surface area contributed by atoms with Gasteiger partial charge in [0.05, 0.1) is 27.6 Å². The molecule has 1 amide bonds. The molecule has 0 unspecified atom stereocenters. The van der Waals surface area contributed by atoms with Gasteiger partial charge in [-0.3, -0.25) is 9.89 Å². The van der Waals surface area contributed by atoms with E-state index in [1.807, 2.05) is 27.7 Å². The van der Waals surface area contributed by atoms with E-state index in [2.05, 4.69) is 20.8 Å². The fourth-order valence-corrected chi connectivity index (χ4v) is 2.13. The van der Waals surface area contributed by atoms with Gasteiger partial charge in [0.1, 0.15) is 5.69 Å². The number of carbonyl (C=O) groups excluding carboxylic acids is 1. The van der Waals surface area contributed by atoms with E-state index in [-0.39, 0.29) is 11.9 Å². The summed E-state index contributed by atoms with van der Waals surface area (Å²) in [5, 5.41) is 13.3. The molecule has 0 bridgehead atoms. The molecule has 0 aliphatic heterocycles. The van der Waals surface area contributed by atoms with Gasteiger partial charge in [-0.05, 0) is 26.0 Å². The maximum absolute atomic E-state index is 12.0. The van der Waals surface area contributed by atoms with Crippen LogP contribution in [0.2, 0.25) is 10.0 Å². The molecule has 0 saturated heterocycles. The zero-order valence-corrected chi connectivity index (χ0v) is 14.5. The molecule has 7 heteroatoms. The lowest BCUT2D eigenvalue weighted by atomic mass is 10.2. The van der Waals surface area contributed by atoms with E-state index in [4.69, 9.17) is 23.2 Å². The molecule has 120 valence electrons. The second-order valence-corrected chi connectivity index (χ2v) is 5.32. The zero-order valence-electron chi connectivity index (χ0n) is 13.0. The molecule has 0 spiro atoms. The number of hydrogen-bond acceptors (Lipinski definition) is 3. The number of nitrogens with zero attached hydrogens (tertiary/aromatic N) is 1. The third-order valence-electron chi connectivity index (χ3n) is 2.51. The molecule has 0 fully saturated rings. The highest BCUT2D eigenvalue weighted by molar-refractivity contribution is 6.39. The average Bonchev–Trinajstić information content (AvgIpc) is 2.93. The predicted octanol–water partition coefficient (Wildman–Crippen LogP) is 4.62. The number of nitrogens with one attached hydrogen (secondary N) is 3. The first kappa shape index (κ1) is 18.3. The van der Waals surface area contributed by atoms with Crippen LogP contribution in [0.5, 0.6) is 0 Å². The molecular weight excluding hydrogens is 323 g/mol. The maximum Gasteiger partial charge on any atom is 0.271 e. The molecule has 0 saturated carbocycles. The number of halogens is 2. The number of aromatic nitrogens is 2. The lowest BCUT2D eigenvalue weighted by Gasteiger charge is -2.11. The Morgan fingerprint density at radius 2 is 1.82 bits per heavy atom. The number of aromatic amines is 1. The van der Waals surface area contributed by atoms with Gasteiger partial charge in [0.15, 0.2) is 0 Å². The van der Waals surface area contributed by atoms with Crippen LogP contribution >= 0.6 is 23.2 Å². The van der Waals surface area contributed by atoms with Crippen molar-refractivity contribution in [2.24, 2.45) is 0 Å². The Kier molecular flexibility index (Phi) is 7.21. The first-order valence-electron chi connectivity index (χ1n) is 7.04. The van der Waals surface area contributed by atoms with Gasteiger partial charge in [-0.2, -0.15) is 5.10 Å². The Morgan fingerprint density at radius 1 is 1.23 bits per heavy atom. The molecule has 0 aliphatic rings. The van der Waals surface area contributed by atoms with Gasteiger partial charge in [0.25, 0.3) is 5.91 Å². The molecular formula is C15H20Cl2N4O. The van der Waals surface area contributed by atoms with E-state index >= 15 is 0 Å². The van der Waals surface area contributed by atoms with E-state index < -0.39 is 0 Å². The minimum atomic E-state index is -0.247. The Hall–Kier alpha value is -1.72. The Labute approximate surface area is 140 Å². The zero-order chi connectivity index (χ0) is 16.7. The summed E-state index contributed by atoms with van der Waals surface area (Å²) >= 11 is 12.2. The molecule has 0 atom stereocenters. The Morgan fingerprint density at radius 3 is 2.36 bits per heavy atom. The topological polar surface area (TPSA) is 69.8 Å². The average molecular weight is 343 g/mol.